The SMILES string of the molecule is CC1(C(=O)Cc2c(Cl)cccc2Cl)CCCN1. The molecule has 1 aliphatic heterocycles. The highest BCUT2D eigenvalue weighted by Crippen LogP contribution is 2.28. The lowest BCUT2D eigenvalue weighted by Crippen LogP contribution is -2.45. The molecule has 1 saturated heterocycles. The fraction of sp³-hybridized carbons (Fsp3) is 0.462. The molecule has 1 aliphatic rings. The molecule has 2 nitrogen and oxygen atoms in total. The van der Waals surface area contributed by atoms with E-state index in [2.05, 4.69) is 5.32 Å². The molecule has 0 aromatic heterocycles. The van der Waals surface area contributed by atoms with E-state index in [9.17, 15) is 4.79 Å². The largest absolute Gasteiger partial charge is 0.305 e. The molecular formula is C13H15Cl2NO. The summed E-state index contributed by atoms with van der Waals surface area (Å²) in [4.78, 5) is 12.3. The molecule has 0 radical (unpaired) electrons. The van der Waals surface area contributed by atoms with Crippen LogP contribution in [0.3, 0.4) is 0 Å². The van der Waals surface area contributed by atoms with Gasteiger partial charge in [0, 0.05) is 16.5 Å². The van der Waals surface area contributed by atoms with Crippen LogP contribution in [-0.4, -0.2) is 17.9 Å². The monoisotopic (exact) mass is 271 g/mol. The first kappa shape index (κ1) is 12.9. The summed E-state index contributed by atoms with van der Waals surface area (Å²) in [6.45, 7) is 2.85. The number of ketones is 1. The zero-order chi connectivity index (χ0) is 12.5. The zero-order valence-electron chi connectivity index (χ0n) is 9.72. The van der Waals surface area contributed by atoms with Crippen LogP contribution < -0.4 is 5.32 Å². The molecule has 1 unspecified atom stereocenters. The van der Waals surface area contributed by atoms with Crippen LogP contribution in [0.2, 0.25) is 10.0 Å². The van der Waals surface area contributed by atoms with Crippen LogP contribution in [0.25, 0.3) is 0 Å². The molecule has 1 atom stereocenters. The number of hydrogen-bond donors (Lipinski definition) is 1. The van der Waals surface area contributed by atoms with E-state index in [-0.39, 0.29) is 5.78 Å². The topological polar surface area (TPSA) is 29.1 Å². The van der Waals surface area contributed by atoms with Gasteiger partial charge in [0.2, 0.25) is 0 Å². The highest BCUT2D eigenvalue weighted by atomic mass is 35.5. The number of carbonyl (C=O) groups is 1. The maximum atomic E-state index is 12.3. The summed E-state index contributed by atoms with van der Waals surface area (Å²) in [5.41, 5.74) is 0.318. The molecule has 0 spiro atoms. The highest BCUT2D eigenvalue weighted by Gasteiger charge is 2.35. The minimum atomic E-state index is -0.414. The summed E-state index contributed by atoms with van der Waals surface area (Å²) < 4.78 is 0. The van der Waals surface area contributed by atoms with Crippen LogP contribution in [-0.2, 0) is 11.2 Å². The van der Waals surface area contributed by atoms with E-state index in [1.165, 1.54) is 0 Å². The van der Waals surface area contributed by atoms with Crippen molar-refractivity contribution in [2.75, 3.05) is 6.54 Å². The second-order valence-electron chi connectivity index (χ2n) is 4.66. The number of rotatable bonds is 3. The minimum Gasteiger partial charge on any atom is -0.305 e. The standard InChI is InChI=1S/C13H15Cl2NO/c1-13(6-3-7-16-13)12(17)8-9-10(14)4-2-5-11(9)15/h2,4-5,16H,3,6-8H2,1H3. The molecule has 2 rings (SSSR count). The number of carbonyl (C=O) groups excluding carboxylic acids is 1. The highest BCUT2D eigenvalue weighted by molar-refractivity contribution is 6.36. The smallest absolute Gasteiger partial charge is 0.157 e. The Morgan fingerprint density at radius 1 is 1.41 bits per heavy atom. The van der Waals surface area contributed by atoms with Gasteiger partial charge in [-0.05, 0) is 44.0 Å². The van der Waals surface area contributed by atoms with Gasteiger partial charge in [0.15, 0.2) is 5.78 Å². The van der Waals surface area contributed by atoms with Gasteiger partial charge in [-0.15, -0.1) is 0 Å². The lowest BCUT2D eigenvalue weighted by molar-refractivity contribution is -0.123. The van der Waals surface area contributed by atoms with Crippen molar-refractivity contribution in [2.24, 2.45) is 0 Å². The van der Waals surface area contributed by atoms with Crippen molar-refractivity contribution >= 4 is 29.0 Å². The quantitative estimate of drug-likeness (QED) is 0.915. The third-order valence-corrected chi connectivity index (χ3v) is 4.09. The van der Waals surface area contributed by atoms with Gasteiger partial charge >= 0.3 is 0 Å². The Bertz CT molecular complexity index is 419. The molecule has 17 heavy (non-hydrogen) atoms. The van der Waals surface area contributed by atoms with E-state index < -0.39 is 5.54 Å². The molecule has 0 aliphatic carbocycles. The van der Waals surface area contributed by atoms with Crippen LogP contribution in [0.5, 0.6) is 0 Å². The van der Waals surface area contributed by atoms with E-state index in [1.807, 2.05) is 6.92 Å². The molecule has 1 fully saturated rings. The summed E-state index contributed by atoms with van der Waals surface area (Å²) in [6, 6.07) is 5.31. The Hall–Kier alpha value is -0.570. The number of hydrogen-bond acceptors (Lipinski definition) is 2. The van der Waals surface area contributed by atoms with Crippen LogP contribution in [0.4, 0.5) is 0 Å². The second-order valence-corrected chi connectivity index (χ2v) is 5.48. The second kappa shape index (κ2) is 4.97. The fourth-order valence-electron chi connectivity index (χ4n) is 2.19. The van der Waals surface area contributed by atoms with Gasteiger partial charge in [-0.2, -0.15) is 0 Å². The third kappa shape index (κ3) is 2.65. The first-order valence-electron chi connectivity index (χ1n) is 5.74. The predicted octanol–water partition coefficient (Wildman–Crippen LogP) is 3.25. The van der Waals surface area contributed by atoms with Gasteiger partial charge in [0.25, 0.3) is 0 Å². The van der Waals surface area contributed by atoms with E-state index in [0.717, 1.165) is 24.9 Å². The summed E-state index contributed by atoms with van der Waals surface area (Å²) in [5.74, 6) is 0.157. The van der Waals surface area contributed by atoms with Crippen LogP contribution in [0, 0.1) is 0 Å². The van der Waals surface area contributed by atoms with Crippen molar-refractivity contribution in [3.05, 3.63) is 33.8 Å². The fourth-order valence-corrected chi connectivity index (χ4v) is 2.72. The van der Waals surface area contributed by atoms with Gasteiger partial charge in [-0.3, -0.25) is 4.79 Å². The Kier molecular flexibility index (Phi) is 3.76. The van der Waals surface area contributed by atoms with Gasteiger partial charge in [0.1, 0.15) is 0 Å². The van der Waals surface area contributed by atoms with Crippen molar-refractivity contribution in [1.82, 2.24) is 5.32 Å². The van der Waals surface area contributed by atoms with Gasteiger partial charge in [-0.1, -0.05) is 29.3 Å². The Morgan fingerprint density at radius 2 is 2.06 bits per heavy atom. The number of nitrogens with one attached hydrogen (secondary N) is 1. The summed E-state index contributed by atoms with van der Waals surface area (Å²) in [5, 5.41) is 4.38. The number of benzene rings is 1. The normalized spacial score (nSPS) is 23.9. The Balaban J connectivity index is 2.18. The molecule has 1 aromatic carbocycles. The molecule has 1 N–H and O–H groups in total. The van der Waals surface area contributed by atoms with E-state index >= 15 is 0 Å². The minimum absolute atomic E-state index is 0.157. The molecule has 4 heteroatoms. The van der Waals surface area contributed by atoms with Crippen LogP contribution in [0.15, 0.2) is 18.2 Å². The van der Waals surface area contributed by atoms with E-state index in [1.54, 1.807) is 18.2 Å². The number of halogens is 2. The van der Waals surface area contributed by atoms with E-state index in [4.69, 9.17) is 23.2 Å². The molecule has 1 heterocycles. The average molecular weight is 272 g/mol. The maximum Gasteiger partial charge on any atom is 0.157 e. The average Bonchev–Trinajstić information content (AvgIpc) is 2.72. The van der Waals surface area contributed by atoms with Crippen molar-refractivity contribution in [1.29, 1.82) is 0 Å². The van der Waals surface area contributed by atoms with Crippen LogP contribution in [0.1, 0.15) is 25.3 Å². The lowest BCUT2D eigenvalue weighted by atomic mass is 9.90. The molecule has 0 saturated carbocycles. The molecule has 0 bridgehead atoms. The molecule has 1 aromatic rings. The first-order chi connectivity index (χ1) is 8.03. The molecule has 0 amide bonds. The van der Waals surface area contributed by atoms with Crippen molar-refractivity contribution in [3.8, 4) is 0 Å². The lowest BCUT2D eigenvalue weighted by Gasteiger charge is -2.23. The van der Waals surface area contributed by atoms with Crippen molar-refractivity contribution in [2.45, 2.75) is 31.7 Å². The van der Waals surface area contributed by atoms with Gasteiger partial charge < -0.3 is 5.32 Å². The van der Waals surface area contributed by atoms with Crippen LogP contribution >= 0.6 is 23.2 Å². The first-order valence-corrected chi connectivity index (χ1v) is 6.50. The molecule has 92 valence electrons. The number of Topliss-reactive ketones (excluding diaryl/α,β-unsaturated/α-hetero) is 1. The van der Waals surface area contributed by atoms with Gasteiger partial charge in [-0.25, -0.2) is 0 Å². The maximum absolute atomic E-state index is 12.3. The van der Waals surface area contributed by atoms with E-state index in [0.29, 0.717) is 16.5 Å². The Morgan fingerprint density at radius 3 is 2.59 bits per heavy atom. The molecular weight excluding hydrogens is 257 g/mol. The van der Waals surface area contributed by atoms with Crippen molar-refractivity contribution in [3.63, 3.8) is 0 Å². The Labute approximate surface area is 111 Å². The van der Waals surface area contributed by atoms with Crippen molar-refractivity contribution < 1.29 is 4.79 Å². The third-order valence-electron chi connectivity index (χ3n) is 3.38. The van der Waals surface area contributed by atoms with Gasteiger partial charge in [0.05, 0.1) is 5.54 Å². The summed E-state index contributed by atoms with van der Waals surface area (Å²) in [6.07, 6.45) is 2.22. The summed E-state index contributed by atoms with van der Waals surface area (Å²) >= 11 is 12.1. The zero-order valence-corrected chi connectivity index (χ0v) is 11.2. The predicted molar refractivity (Wildman–Crippen MR) is 70.8 cm³/mol. The summed E-state index contributed by atoms with van der Waals surface area (Å²) in [7, 11) is 0.